The van der Waals surface area contributed by atoms with E-state index in [2.05, 4.69) is 5.32 Å². The average Bonchev–Trinajstić information content (AvgIpc) is 2.08. The van der Waals surface area contributed by atoms with Crippen LogP contribution in [0.15, 0.2) is 18.2 Å². The fourth-order valence-corrected chi connectivity index (χ4v) is 1.56. The summed E-state index contributed by atoms with van der Waals surface area (Å²) in [4.78, 5) is 10.6. The van der Waals surface area contributed by atoms with Crippen LogP contribution in [0.3, 0.4) is 0 Å². The molecule has 5 nitrogen and oxygen atoms in total. The molecule has 0 spiro atoms. The first-order valence-electron chi connectivity index (χ1n) is 3.90. The number of anilines is 1. The van der Waals surface area contributed by atoms with E-state index in [1.165, 1.54) is 6.07 Å². The van der Waals surface area contributed by atoms with Gasteiger partial charge in [0.25, 0.3) is 0 Å². The molecule has 0 bridgehead atoms. The normalized spacial score (nSPS) is 12.1. The molecule has 2 amide bonds. The molecule has 1 aromatic rings. The second-order valence-electron chi connectivity index (χ2n) is 2.74. The zero-order valence-corrected chi connectivity index (χ0v) is 8.34. The number of nitrogens with one attached hydrogen (secondary N) is 1. The predicted octanol–water partition coefficient (Wildman–Crippen LogP) is 0.695. The van der Waals surface area contributed by atoms with Crippen LogP contribution in [0, 0.1) is 5.82 Å². The molecule has 82 valence electrons. The third kappa shape index (κ3) is 3.64. The van der Waals surface area contributed by atoms with Gasteiger partial charge < -0.3 is 15.6 Å². The Kier molecular flexibility index (Phi) is 3.75. The van der Waals surface area contributed by atoms with E-state index in [1.807, 2.05) is 0 Å². The highest BCUT2D eigenvalue weighted by Gasteiger charge is 2.06. The largest absolute Gasteiger partial charge is 0.772 e. The van der Waals surface area contributed by atoms with Gasteiger partial charge in [0, 0.05) is 11.4 Å². The Morgan fingerprint density at radius 2 is 2.27 bits per heavy atom. The number of urea groups is 1. The zero-order chi connectivity index (χ0) is 11.4. The summed E-state index contributed by atoms with van der Waals surface area (Å²) in [5.41, 5.74) is 5.19. The summed E-state index contributed by atoms with van der Waals surface area (Å²) < 4.78 is 33.7. The molecule has 0 aromatic heterocycles. The number of primary amides is 1. The number of hydrogen-bond acceptors (Lipinski definition) is 3. The minimum Gasteiger partial charge on any atom is -0.772 e. The van der Waals surface area contributed by atoms with Crippen molar-refractivity contribution < 1.29 is 17.9 Å². The third-order valence-electron chi connectivity index (χ3n) is 1.60. The van der Waals surface area contributed by atoms with Crippen LogP contribution in [-0.4, -0.2) is 14.8 Å². The van der Waals surface area contributed by atoms with Gasteiger partial charge in [-0.05, 0) is 17.7 Å². The Bertz CT molecular complexity index is 411. The number of amides is 2. The van der Waals surface area contributed by atoms with Crippen LogP contribution < -0.4 is 11.1 Å². The molecular weight excluding hydrogens is 223 g/mol. The van der Waals surface area contributed by atoms with E-state index in [9.17, 15) is 17.9 Å². The van der Waals surface area contributed by atoms with E-state index in [-0.39, 0.29) is 17.0 Å². The van der Waals surface area contributed by atoms with Gasteiger partial charge in [-0.25, -0.2) is 9.18 Å². The molecule has 0 fully saturated rings. The minimum absolute atomic E-state index is 0.0618. The first-order chi connectivity index (χ1) is 6.99. The smallest absolute Gasteiger partial charge is 0.316 e. The first-order valence-corrected chi connectivity index (χ1v) is 5.14. The number of halogens is 1. The summed E-state index contributed by atoms with van der Waals surface area (Å²) in [6.45, 7) is 0. The summed E-state index contributed by atoms with van der Waals surface area (Å²) in [5.74, 6) is -0.894. The molecule has 0 radical (unpaired) electrons. The standard InChI is InChI=1S/C8H9FN2O3S/c9-6-2-1-5(4-15(13)14)7(3-6)11-8(10)12/h1-3H,4H2,(H,13,14)(H3,10,11,12)/p-1. The monoisotopic (exact) mass is 231 g/mol. The molecule has 1 unspecified atom stereocenters. The number of rotatable bonds is 3. The fraction of sp³-hybridized carbons (Fsp3) is 0.125. The van der Waals surface area contributed by atoms with Crippen LogP contribution in [0.5, 0.6) is 0 Å². The maximum absolute atomic E-state index is 12.8. The molecule has 0 heterocycles. The average molecular weight is 231 g/mol. The van der Waals surface area contributed by atoms with Crippen molar-refractivity contribution in [3.63, 3.8) is 0 Å². The van der Waals surface area contributed by atoms with E-state index in [0.29, 0.717) is 0 Å². The summed E-state index contributed by atoms with van der Waals surface area (Å²) in [5, 5.41) is 2.15. The Labute approximate surface area is 87.8 Å². The second kappa shape index (κ2) is 4.85. The molecule has 7 heteroatoms. The highest BCUT2D eigenvalue weighted by Crippen LogP contribution is 2.18. The summed E-state index contributed by atoms with van der Waals surface area (Å²) >= 11 is -2.31. The topological polar surface area (TPSA) is 95.2 Å². The fourth-order valence-electron chi connectivity index (χ4n) is 1.05. The Hall–Kier alpha value is -1.47. The van der Waals surface area contributed by atoms with E-state index in [1.54, 1.807) is 0 Å². The lowest BCUT2D eigenvalue weighted by Crippen LogP contribution is -2.20. The Balaban J connectivity index is 3.02. The molecule has 0 saturated heterocycles. The summed E-state index contributed by atoms with van der Waals surface area (Å²) in [6, 6.07) is 2.51. The quantitative estimate of drug-likeness (QED) is 0.749. The molecule has 15 heavy (non-hydrogen) atoms. The molecular formula is C8H8FN2O3S-. The van der Waals surface area contributed by atoms with Crippen molar-refractivity contribution in [3.8, 4) is 0 Å². The molecule has 0 aliphatic rings. The third-order valence-corrected chi connectivity index (χ3v) is 2.15. The van der Waals surface area contributed by atoms with Crippen molar-refractivity contribution in [2.24, 2.45) is 5.73 Å². The van der Waals surface area contributed by atoms with Gasteiger partial charge in [-0.1, -0.05) is 17.1 Å². The first kappa shape index (κ1) is 11.6. The van der Waals surface area contributed by atoms with Gasteiger partial charge >= 0.3 is 6.03 Å². The van der Waals surface area contributed by atoms with Crippen molar-refractivity contribution in [3.05, 3.63) is 29.6 Å². The van der Waals surface area contributed by atoms with Gasteiger partial charge in [-0.15, -0.1) is 0 Å². The molecule has 0 saturated carbocycles. The lowest BCUT2D eigenvalue weighted by Gasteiger charge is -2.11. The summed E-state index contributed by atoms with van der Waals surface area (Å²) in [6.07, 6.45) is 0. The highest BCUT2D eigenvalue weighted by molar-refractivity contribution is 7.78. The van der Waals surface area contributed by atoms with Gasteiger partial charge in [0.2, 0.25) is 0 Å². The highest BCUT2D eigenvalue weighted by atomic mass is 32.2. The Morgan fingerprint density at radius 1 is 1.60 bits per heavy atom. The van der Waals surface area contributed by atoms with Gasteiger partial charge in [-0.2, -0.15) is 0 Å². The van der Waals surface area contributed by atoms with Crippen LogP contribution in [0.25, 0.3) is 0 Å². The molecule has 0 aliphatic heterocycles. The van der Waals surface area contributed by atoms with Crippen LogP contribution in [-0.2, 0) is 16.8 Å². The number of hydrogen-bond donors (Lipinski definition) is 2. The van der Waals surface area contributed by atoms with Crippen LogP contribution in [0.4, 0.5) is 14.9 Å². The van der Waals surface area contributed by atoms with Gasteiger partial charge in [0.1, 0.15) is 5.82 Å². The van der Waals surface area contributed by atoms with E-state index < -0.39 is 22.9 Å². The van der Waals surface area contributed by atoms with E-state index >= 15 is 0 Å². The zero-order valence-electron chi connectivity index (χ0n) is 7.53. The number of carbonyl (C=O) groups is 1. The molecule has 0 aliphatic carbocycles. The SMILES string of the molecule is NC(=O)Nc1cc(F)ccc1CS(=O)[O-]. The second-order valence-corrected chi connectivity index (χ2v) is 3.63. The van der Waals surface area contributed by atoms with E-state index in [0.717, 1.165) is 12.1 Å². The van der Waals surface area contributed by atoms with Gasteiger partial charge in [0.15, 0.2) is 0 Å². The van der Waals surface area contributed by atoms with Gasteiger partial charge in [0.05, 0.1) is 0 Å². The summed E-state index contributed by atoms with van der Waals surface area (Å²) in [7, 11) is 0. The molecule has 1 aromatic carbocycles. The molecule has 3 N–H and O–H groups in total. The molecule has 1 atom stereocenters. The minimum atomic E-state index is -2.31. The van der Waals surface area contributed by atoms with Crippen molar-refractivity contribution in [2.45, 2.75) is 5.75 Å². The maximum atomic E-state index is 12.8. The van der Waals surface area contributed by atoms with Crippen LogP contribution in [0.2, 0.25) is 0 Å². The Morgan fingerprint density at radius 3 is 2.80 bits per heavy atom. The number of benzene rings is 1. The maximum Gasteiger partial charge on any atom is 0.316 e. The predicted molar refractivity (Wildman–Crippen MR) is 52.2 cm³/mol. The van der Waals surface area contributed by atoms with Crippen molar-refractivity contribution in [1.82, 2.24) is 0 Å². The van der Waals surface area contributed by atoms with Crippen LogP contribution in [0.1, 0.15) is 5.56 Å². The van der Waals surface area contributed by atoms with Gasteiger partial charge in [-0.3, -0.25) is 4.21 Å². The van der Waals surface area contributed by atoms with Crippen LogP contribution >= 0.6 is 0 Å². The van der Waals surface area contributed by atoms with Crippen molar-refractivity contribution >= 4 is 22.8 Å². The lowest BCUT2D eigenvalue weighted by atomic mass is 10.2. The van der Waals surface area contributed by atoms with Crippen molar-refractivity contribution in [2.75, 3.05) is 5.32 Å². The number of carbonyl (C=O) groups excluding carboxylic acids is 1. The van der Waals surface area contributed by atoms with Crippen molar-refractivity contribution in [1.29, 1.82) is 0 Å². The molecule has 1 rings (SSSR count). The number of nitrogens with two attached hydrogens (primary N) is 1. The van der Waals surface area contributed by atoms with E-state index in [4.69, 9.17) is 5.73 Å². The lowest BCUT2D eigenvalue weighted by molar-refractivity contribution is 0.259.